The summed E-state index contributed by atoms with van der Waals surface area (Å²) in [5.74, 6) is -0.813. The van der Waals surface area contributed by atoms with Gasteiger partial charge in [-0.2, -0.15) is 0 Å². The Bertz CT molecular complexity index is 997. The highest BCUT2D eigenvalue weighted by Crippen LogP contribution is 2.31. The first-order valence-electron chi connectivity index (χ1n) is 10.6. The van der Waals surface area contributed by atoms with Crippen molar-refractivity contribution in [2.24, 2.45) is 0 Å². The molecular formula is C22H29N5O4. The van der Waals surface area contributed by atoms with Crippen LogP contribution in [0.4, 0.5) is 0 Å². The number of carbonyl (C=O) groups is 3. The van der Waals surface area contributed by atoms with Gasteiger partial charge in [0.15, 0.2) is 0 Å². The maximum Gasteiger partial charge on any atom is 0.271 e. The molecule has 1 unspecified atom stereocenters. The Morgan fingerprint density at radius 2 is 1.90 bits per heavy atom. The van der Waals surface area contributed by atoms with Gasteiger partial charge in [-0.3, -0.25) is 19.3 Å². The zero-order chi connectivity index (χ0) is 22.0. The van der Waals surface area contributed by atoms with Gasteiger partial charge in [-0.1, -0.05) is 18.2 Å². The van der Waals surface area contributed by atoms with Crippen molar-refractivity contribution in [2.75, 3.05) is 53.0 Å². The van der Waals surface area contributed by atoms with Crippen molar-refractivity contribution in [3.8, 4) is 0 Å². The summed E-state index contributed by atoms with van der Waals surface area (Å²) < 4.78 is 7.20. The largest absolute Gasteiger partial charge is 0.379 e. The van der Waals surface area contributed by atoms with Crippen LogP contribution in [0.25, 0.3) is 10.9 Å². The SMILES string of the molecule is CN1C(=O)c2cc3ccccc3n2CC1(C)C(=O)NCC(=O)NCCN1CCOCC1. The third kappa shape index (κ3) is 4.15. The van der Waals surface area contributed by atoms with Crippen LogP contribution in [0.3, 0.4) is 0 Å². The van der Waals surface area contributed by atoms with Crippen molar-refractivity contribution in [2.45, 2.75) is 19.0 Å². The highest BCUT2D eigenvalue weighted by atomic mass is 16.5. The summed E-state index contributed by atoms with van der Waals surface area (Å²) in [5.41, 5.74) is 0.383. The number of nitrogens with zero attached hydrogens (tertiary/aromatic N) is 3. The minimum Gasteiger partial charge on any atom is -0.379 e. The molecule has 2 aliphatic heterocycles. The van der Waals surface area contributed by atoms with E-state index in [2.05, 4.69) is 15.5 Å². The third-order valence-corrected chi connectivity index (χ3v) is 6.29. The Kier molecular flexibility index (Phi) is 5.97. The number of benzene rings is 1. The van der Waals surface area contributed by atoms with Gasteiger partial charge in [-0.25, -0.2) is 0 Å². The quantitative estimate of drug-likeness (QED) is 0.679. The Morgan fingerprint density at radius 3 is 2.68 bits per heavy atom. The molecule has 9 heteroatoms. The molecule has 0 radical (unpaired) electrons. The molecule has 0 spiro atoms. The van der Waals surface area contributed by atoms with Gasteiger partial charge in [0.25, 0.3) is 5.91 Å². The van der Waals surface area contributed by atoms with Crippen LogP contribution in [0.15, 0.2) is 30.3 Å². The lowest BCUT2D eigenvalue weighted by Crippen LogP contribution is -2.63. The maximum absolute atomic E-state index is 13.0. The van der Waals surface area contributed by atoms with Crippen LogP contribution in [0.1, 0.15) is 17.4 Å². The summed E-state index contributed by atoms with van der Waals surface area (Å²) in [6.07, 6.45) is 0. The monoisotopic (exact) mass is 427 g/mol. The molecule has 9 nitrogen and oxygen atoms in total. The molecule has 31 heavy (non-hydrogen) atoms. The number of fused-ring (bicyclic) bond motifs is 3. The van der Waals surface area contributed by atoms with Crippen molar-refractivity contribution < 1.29 is 19.1 Å². The Hall–Kier alpha value is -2.91. The Balaban J connectivity index is 1.36. The van der Waals surface area contributed by atoms with E-state index in [1.165, 1.54) is 4.90 Å². The number of nitrogens with one attached hydrogen (secondary N) is 2. The van der Waals surface area contributed by atoms with Crippen LogP contribution in [-0.2, 0) is 20.9 Å². The van der Waals surface area contributed by atoms with E-state index < -0.39 is 5.54 Å². The molecule has 2 N–H and O–H groups in total. The smallest absolute Gasteiger partial charge is 0.271 e. The summed E-state index contributed by atoms with van der Waals surface area (Å²) in [5, 5.41) is 6.51. The lowest BCUT2D eigenvalue weighted by molar-refractivity contribution is -0.134. The van der Waals surface area contributed by atoms with E-state index in [-0.39, 0.29) is 24.3 Å². The standard InChI is InChI=1S/C22H29N5O4/c1-22(21(30)24-14-19(28)23-7-8-26-9-11-31-12-10-26)15-27-17-6-4-3-5-16(17)13-18(27)20(29)25(22)2/h3-6,13H,7-12,14-15H2,1-2H3,(H,23,28)(H,24,30). The first-order valence-corrected chi connectivity index (χ1v) is 10.6. The lowest BCUT2D eigenvalue weighted by Gasteiger charge is -2.41. The molecular weight excluding hydrogens is 398 g/mol. The second kappa shape index (κ2) is 8.68. The lowest BCUT2D eigenvalue weighted by atomic mass is 9.95. The van der Waals surface area contributed by atoms with Crippen LogP contribution >= 0.6 is 0 Å². The van der Waals surface area contributed by atoms with Crippen LogP contribution in [0, 0.1) is 0 Å². The fraction of sp³-hybridized carbons (Fsp3) is 0.500. The van der Waals surface area contributed by atoms with Crippen LogP contribution < -0.4 is 10.6 Å². The molecule has 166 valence electrons. The summed E-state index contributed by atoms with van der Waals surface area (Å²) in [4.78, 5) is 41.9. The second-order valence-corrected chi connectivity index (χ2v) is 8.30. The Morgan fingerprint density at radius 1 is 1.16 bits per heavy atom. The van der Waals surface area contributed by atoms with E-state index in [1.54, 1.807) is 14.0 Å². The highest BCUT2D eigenvalue weighted by molar-refractivity contribution is 6.03. The number of amides is 3. The molecule has 1 saturated heterocycles. The van der Waals surface area contributed by atoms with Gasteiger partial charge < -0.3 is 24.8 Å². The van der Waals surface area contributed by atoms with E-state index in [0.29, 0.717) is 32.0 Å². The first-order chi connectivity index (χ1) is 14.9. The number of rotatable bonds is 6. The number of morpholine rings is 1. The van der Waals surface area contributed by atoms with Crippen LogP contribution in [-0.4, -0.2) is 90.6 Å². The van der Waals surface area contributed by atoms with E-state index in [4.69, 9.17) is 4.74 Å². The third-order valence-electron chi connectivity index (χ3n) is 6.29. The Labute approximate surface area is 181 Å². The van der Waals surface area contributed by atoms with Gasteiger partial charge in [-0.05, 0) is 19.1 Å². The number of ether oxygens (including phenoxy) is 1. The molecule has 0 saturated carbocycles. The van der Waals surface area contributed by atoms with Crippen molar-refractivity contribution in [3.05, 3.63) is 36.0 Å². The van der Waals surface area contributed by atoms with Crippen molar-refractivity contribution >= 4 is 28.6 Å². The summed E-state index contributed by atoms with van der Waals surface area (Å²) in [7, 11) is 1.63. The zero-order valence-corrected chi connectivity index (χ0v) is 18.0. The summed E-state index contributed by atoms with van der Waals surface area (Å²) >= 11 is 0. The fourth-order valence-electron chi connectivity index (χ4n) is 4.18. The fourth-order valence-corrected chi connectivity index (χ4v) is 4.18. The molecule has 0 bridgehead atoms. The van der Waals surface area contributed by atoms with Gasteiger partial charge in [0.05, 0.1) is 26.3 Å². The number of hydrogen-bond donors (Lipinski definition) is 2. The molecule has 4 rings (SSSR count). The highest BCUT2D eigenvalue weighted by Gasteiger charge is 2.45. The molecule has 0 aliphatic carbocycles. The maximum atomic E-state index is 13.0. The van der Waals surface area contributed by atoms with E-state index in [9.17, 15) is 14.4 Å². The summed E-state index contributed by atoms with van der Waals surface area (Å²) in [6, 6.07) is 9.58. The van der Waals surface area contributed by atoms with Crippen LogP contribution in [0.5, 0.6) is 0 Å². The van der Waals surface area contributed by atoms with Gasteiger partial charge in [-0.15, -0.1) is 0 Å². The molecule has 1 aromatic carbocycles. The van der Waals surface area contributed by atoms with E-state index in [0.717, 1.165) is 30.5 Å². The van der Waals surface area contributed by atoms with Crippen molar-refractivity contribution in [1.29, 1.82) is 0 Å². The van der Waals surface area contributed by atoms with E-state index in [1.807, 2.05) is 34.9 Å². The number of aromatic nitrogens is 1. The van der Waals surface area contributed by atoms with Gasteiger partial charge >= 0.3 is 0 Å². The topological polar surface area (TPSA) is 95.9 Å². The minimum atomic E-state index is -1.10. The van der Waals surface area contributed by atoms with Gasteiger partial charge in [0.1, 0.15) is 11.2 Å². The molecule has 2 aromatic rings. The minimum absolute atomic E-state index is 0.126. The number of hydrogen-bond acceptors (Lipinski definition) is 5. The number of carbonyl (C=O) groups excluding carboxylic acids is 3. The van der Waals surface area contributed by atoms with Gasteiger partial charge in [0, 0.05) is 44.1 Å². The predicted octanol–water partition coefficient (Wildman–Crippen LogP) is 0.0502. The molecule has 1 atom stereocenters. The zero-order valence-electron chi connectivity index (χ0n) is 18.0. The molecule has 1 aromatic heterocycles. The summed E-state index contributed by atoms with van der Waals surface area (Å²) in [6.45, 7) is 6.35. The van der Waals surface area contributed by atoms with Gasteiger partial charge in [0.2, 0.25) is 11.8 Å². The average molecular weight is 428 g/mol. The molecule has 3 amide bonds. The van der Waals surface area contributed by atoms with Crippen molar-refractivity contribution in [3.63, 3.8) is 0 Å². The second-order valence-electron chi connectivity index (χ2n) is 8.30. The number of likely N-dealkylation sites (N-methyl/N-ethyl adjacent to an activating group) is 1. The molecule has 1 fully saturated rings. The first kappa shape index (κ1) is 21.3. The predicted molar refractivity (Wildman–Crippen MR) is 116 cm³/mol. The van der Waals surface area contributed by atoms with Crippen LogP contribution in [0.2, 0.25) is 0 Å². The molecule has 2 aliphatic rings. The average Bonchev–Trinajstić information content (AvgIpc) is 3.15. The van der Waals surface area contributed by atoms with E-state index >= 15 is 0 Å². The molecule has 3 heterocycles. The number of para-hydroxylation sites is 1. The normalized spacial score (nSPS) is 21.7. The van der Waals surface area contributed by atoms with Crippen molar-refractivity contribution in [1.82, 2.24) is 25.0 Å².